The topological polar surface area (TPSA) is 46.2 Å². The molecule has 1 N–H and O–H groups in total. The smallest absolute Gasteiger partial charge is 0.227 e. The van der Waals surface area contributed by atoms with E-state index in [1.807, 2.05) is 0 Å². The van der Waals surface area contributed by atoms with E-state index >= 15 is 0 Å². The van der Waals surface area contributed by atoms with Gasteiger partial charge in [-0.1, -0.05) is 174 Å². The van der Waals surface area contributed by atoms with Crippen molar-refractivity contribution in [3.8, 4) is 0 Å². The van der Waals surface area contributed by atoms with Crippen LogP contribution in [0.25, 0.3) is 0 Å². The summed E-state index contributed by atoms with van der Waals surface area (Å²) in [5.41, 5.74) is 0. The van der Waals surface area contributed by atoms with Crippen molar-refractivity contribution in [3.05, 3.63) is 0 Å². The van der Waals surface area contributed by atoms with Crippen molar-refractivity contribution in [1.82, 2.24) is 5.32 Å². The molecule has 0 unspecified atom stereocenters. The Hall–Kier alpha value is -0.860. The first-order valence-corrected chi connectivity index (χ1v) is 17.0. The molecule has 0 aliphatic carbocycles. The van der Waals surface area contributed by atoms with E-state index in [4.69, 9.17) is 0 Å². The van der Waals surface area contributed by atoms with Crippen LogP contribution in [0.1, 0.15) is 200 Å². The van der Waals surface area contributed by atoms with Crippen LogP contribution in [0, 0.1) is 0 Å². The van der Waals surface area contributed by atoms with Gasteiger partial charge in [0.05, 0.1) is 6.42 Å². The van der Waals surface area contributed by atoms with Crippen LogP contribution in [0.3, 0.4) is 0 Å². The van der Waals surface area contributed by atoms with E-state index in [1.165, 1.54) is 154 Å². The highest BCUT2D eigenvalue weighted by molar-refractivity contribution is 5.97. The zero-order valence-corrected chi connectivity index (χ0v) is 25.5. The number of nitrogens with one attached hydrogen (secondary N) is 1. The molecule has 0 aromatic rings. The van der Waals surface area contributed by atoms with E-state index in [1.54, 1.807) is 0 Å². The highest BCUT2D eigenvalue weighted by Crippen LogP contribution is 2.14. The summed E-state index contributed by atoms with van der Waals surface area (Å²) in [5.74, 6) is 0.0379. The van der Waals surface area contributed by atoms with Gasteiger partial charge in [-0.15, -0.1) is 0 Å². The molecule has 0 aliphatic heterocycles. The van der Waals surface area contributed by atoms with Crippen LogP contribution in [0.15, 0.2) is 0 Å². The molecule has 0 rings (SSSR count). The van der Waals surface area contributed by atoms with Crippen molar-refractivity contribution in [2.45, 2.75) is 200 Å². The van der Waals surface area contributed by atoms with Gasteiger partial charge in [-0.25, -0.2) is 0 Å². The van der Waals surface area contributed by atoms with Crippen molar-refractivity contribution < 1.29 is 9.59 Å². The second-order valence-corrected chi connectivity index (χ2v) is 11.7. The Kier molecular flexibility index (Phi) is 30.6. The van der Waals surface area contributed by atoms with Gasteiger partial charge in [0.25, 0.3) is 0 Å². The first-order chi connectivity index (χ1) is 18.2. The molecule has 1 amide bonds. The number of carbonyl (C=O) groups is 2. The number of rotatable bonds is 31. The van der Waals surface area contributed by atoms with Crippen molar-refractivity contribution >= 4 is 11.7 Å². The molecule has 0 atom stereocenters. The number of unbranched alkanes of at least 4 members (excludes halogenated alkanes) is 25. The van der Waals surface area contributed by atoms with E-state index in [2.05, 4.69) is 19.2 Å². The van der Waals surface area contributed by atoms with E-state index in [9.17, 15) is 9.59 Å². The molecule has 0 aliphatic rings. The Morgan fingerprint density at radius 2 is 0.703 bits per heavy atom. The average Bonchev–Trinajstić information content (AvgIpc) is 2.89. The zero-order chi connectivity index (χ0) is 27.1. The van der Waals surface area contributed by atoms with E-state index < -0.39 is 0 Å². The van der Waals surface area contributed by atoms with Crippen molar-refractivity contribution in [1.29, 1.82) is 0 Å². The maximum absolute atomic E-state index is 12.1. The summed E-state index contributed by atoms with van der Waals surface area (Å²) in [6.45, 7) is 5.28. The lowest BCUT2D eigenvalue weighted by molar-refractivity contribution is -0.128. The monoisotopic (exact) mass is 522 g/mol. The van der Waals surface area contributed by atoms with Crippen LogP contribution < -0.4 is 5.32 Å². The molecule has 3 heteroatoms. The maximum Gasteiger partial charge on any atom is 0.227 e. The quantitative estimate of drug-likeness (QED) is 0.0728. The third kappa shape index (κ3) is 31.3. The fourth-order valence-electron chi connectivity index (χ4n) is 5.22. The van der Waals surface area contributed by atoms with Crippen LogP contribution >= 0.6 is 0 Å². The van der Waals surface area contributed by atoms with Crippen molar-refractivity contribution in [2.24, 2.45) is 0 Å². The number of amides is 1. The first kappa shape index (κ1) is 36.1. The lowest BCUT2D eigenvalue weighted by Crippen LogP contribution is -2.26. The fourth-order valence-corrected chi connectivity index (χ4v) is 5.22. The summed E-state index contributed by atoms with van der Waals surface area (Å²) >= 11 is 0. The van der Waals surface area contributed by atoms with Crippen LogP contribution in [0.2, 0.25) is 0 Å². The third-order valence-corrected chi connectivity index (χ3v) is 7.77. The summed E-state index contributed by atoms with van der Waals surface area (Å²) in [6, 6.07) is 0. The maximum atomic E-state index is 12.1. The summed E-state index contributed by atoms with van der Waals surface area (Å²) in [5, 5.41) is 2.95. The van der Waals surface area contributed by atoms with Gasteiger partial charge in [-0.3, -0.25) is 9.59 Å². The Balaban J connectivity index is 3.28. The van der Waals surface area contributed by atoms with E-state index in [0.717, 1.165) is 25.8 Å². The van der Waals surface area contributed by atoms with Gasteiger partial charge in [0, 0.05) is 13.0 Å². The molecule has 0 fully saturated rings. The Morgan fingerprint density at radius 1 is 0.405 bits per heavy atom. The summed E-state index contributed by atoms with van der Waals surface area (Å²) in [6.07, 6.45) is 36.5. The number of hydrogen-bond donors (Lipinski definition) is 1. The molecule has 0 saturated carbocycles. The predicted molar refractivity (Wildman–Crippen MR) is 163 cm³/mol. The minimum absolute atomic E-state index is 0.0746. The number of ketones is 1. The van der Waals surface area contributed by atoms with Crippen LogP contribution in [-0.4, -0.2) is 18.2 Å². The Bertz CT molecular complexity index is 476. The van der Waals surface area contributed by atoms with Gasteiger partial charge in [-0.2, -0.15) is 0 Å². The molecule has 220 valence electrons. The Labute approximate surface area is 233 Å². The molecular weight excluding hydrogens is 454 g/mol. The van der Waals surface area contributed by atoms with Gasteiger partial charge >= 0.3 is 0 Å². The molecular formula is C34H67NO2. The molecule has 0 aromatic heterocycles. The van der Waals surface area contributed by atoms with Gasteiger partial charge in [0.1, 0.15) is 5.78 Å². The number of Topliss-reactive ketones (excluding diaryl/α,β-unsaturated/α-hetero) is 1. The minimum Gasteiger partial charge on any atom is -0.356 e. The van der Waals surface area contributed by atoms with Gasteiger partial charge in [0.2, 0.25) is 5.91 Å². The summed E-state index contributed by atoms with van der Waals surface area (Å²) < 4.78 is 0. The first-order valence-electron chi connectivity index (χ1n) is 17.0. The Morgan fingerprint density at radius 3 is 1.05 bits per heavy atom. The molecule has 0 spiro atoms. The van der Waals surface area contributed by atoms with Crippen LogP contribution in [0.4, 0.5) is 0 Å². The van der Waals surface area contributed by atoms with Gasteiger partial charge in [-0.05, 0) is 12.8 Å². The van der Waals surface area contributed by atoms with Crippen molar-refractivity contribution in [2.75, 3.05) is 6.54 Å². The third-order valence-electron chi connectivity index (χ3n) is 7.77. The normalized spacial score (nSPS) is 11.2. The molecule has 0 radical (unpaired) electrons. The molecule has 0 bridgehead atoms. The van der Waals surface area contributed by atoms with Gasteiger partial charge < -0.3 is 5.32 Å². The number of carbonyl (C=O) groups excluding carboxylic acids is 2. The highest BCUT2D eigenvalue weighted by atomic mass is 16.2. The zero-order valence-electron chi connectivity index (χ0n) is 25.5. The lowest BCUT2D eigenvalue weighted by atomic mass is 10.0. The predicted octanol–water partition coefficient (Wildman–Crippen LogP) is 11.0. The SMILES string of the molecule is CCCCCCCCCCCCCCCCNC(=O)CC(=O)CCCCCCCCCCCCCCC. The van der Waals surface area contributed by atoms with Crippen molar-refractivity contribution in [3.63, 3.8) is 0 Å². The second-order valence-electron chi connectivity index (χ2n) is 11.7. The minimum atomic E-state index is -0.0746. The van der Waals surface area contributed by atoms with E-state index in [-0.39, 0.29) is 18.1 Å². The molecule has 37 heavy (non-hydrogen) atoms. The number of hydrogen-bond acceptors (Lipinski definition) is 2. The highest BCUT2D eigenvalue weighted by Gasteiger charge is 2.08. The summed E-state index contributed by atoms with van der Waals surface area (Å²) in [4.78, 5) is 24.0. The van der Waals surface area contributed by atoms with Gasteiger partial charge in [0.15, 0.2) is 0 Å². The molecule has 0 heterocycles. The molecule has 3 nitrogen and oxygen atoms in total. The second kappa shape index (κ2) is 31.4. The fraction of sp³-hybridized carbons (Fsp3) is 0.941. The molecule has 0 aromatic carbocycles. The van der Waals surface area contributed by atoms with Crippen LogP contribution in [0.5, 0.6) is 0 Å². The standard InChI is InChI=1S/C34H67NO2/c1-3-5-7-9-11-13-15-17-19-21-23-25-27-29-31-35-34(37)32-33(36)30-28-26-24-22-20-18-16-14-12-10-8-6-4-2/h3-32H2,1-2H3,(H,35,37). The summed E-state index contributed by atoms with van der Waals surface area (Å²) in [7, 11) is 0. The molecule has 0 saturated heterocycles. The van der Waals surface area contributed by atoms with E-state index in [0.29, 0.717) is 6.42 Å². The largest absolute Gasteiger partial charge is 0.356 e. The average molecular weight is 522 g/mol. The lowest BCUT2D eigenvalue weighted by Gasteiger charge is -2.06. The van der Waals surface area contributed by atoms with Crippen LogP contribution in [-0.2, 0) is 9.59 Å².